The molecule has 0 saturated heterocycles. The number of anilines is 1. The van der Waals surface area contributed by atoms with Crippen molar-refractivity contribution >= 4 is 34.2 Å². The SMILES string of the molecule is CC(C)COc1ccc(NC(=O)CCc2nc3ccccc3[nH]2)cc1Cl. The van der Waals surface area contributed by atoms with E-state index in [0.717, 1.165) is 16.9 Å². The Hall–Kier alpha value is -2.53. The maximum atomic E-state index is 12.2. The normalized spacial score (nSPS) is 11.1. The van der Waals surface area contributed by atoms with Crippen LogP contribution in [0.4, 0.5) is 5.69 Å². The average Bonchev–Trinajstić information content (AvgIpc) is 3.02. The largest absolute Gasteiger partial charge is 0.492 e. The first-order valence-electron chi connectivity index (χ1n) is 8.67. The van der Waals surface area contributed by atoms with Crippen LogP contribution in [0.5, 0.6) is 5.75 Å². The Bertz CT molecular complexity index is 872. The molecule has 0 atom stereocenters. The van der Waals surface area contributed by atoms with Crippen LogP contribution in [0.15, 0.2) is 42.5 Å². The van der Waals surface area contributed by atoms with Crippen LogP contribution in [-0.4, -0.2) is 22.5 Å². The monoisotopic (exact) mass is 371 g/mol. The second-order valence-electron chi connectivity index (χ2n) is 6.60. The van der Waals surface area contributed by atoms with Gasteiger partial charge in [-0.3, -0.25) is 4.79 Å². The summed E-state index contributed by atoms with van der Waals surface area (Å²) in [5.41, 5.74) is 2.54. The third-order valence-corrected chi connectivity index (χ3v) is 4.11. The van der Waals surface area contributed by atoms with Crippen molar-refractivity contribution in [3.8, 4) is 5.75 Å². The smallest absolute Gasteiger partial charge is 0.224 e. The van der Waals surface area contributed by atoms with Gasteiger partial charge < -0.3 is 15.0 Å². The standard InChI is InChI=1S/C20H22ClN3O2/c1-13(2)12-26-18-8-7-14(11-15(18)21)22-20(25)10-9-19-23-16-5-3-4-6-17(16)24-19/h3-8,11,13H,9-10,12H2,1-2H3,(H,22,25)(H,23,24). The zero-order chi connectivity index (χ0) is 18.5. The molecule has 0 spiro atoms. The number of amides is 1. The van der Waals surface area contributed by atoms with Crippen LogP contribution in [0, 0.1) is 5.92 Å². The van der Waals surface area contributed by atoms with Gasteiger partial charge in [-0.05, 0) is 36.2 Å². The number of H-pyrrole nitrogens is 1. The highest BCUT2D eigenvalue weighted by Gasteiger charge is 2.09. The van der Waals surface area contributed by atoms with E-state index in [-0.39, 0.29) is 5.91 Å². The molecule has 0 saturated carbocycles. The van der Waals surface area contributed by atoms with Crippen molar-refractivity contribution < 1.29 is 9.53 Å². The van der Waals surface area contributed by atoms with E-state index >= 15 is 0 Å². The molecule has 0 aliphatic rings. The Morgan fingerprint density at radius 1 is 1.27 bits per heavy atom. The van der Waals surface area contributed by atoms with Crippen LogP contribution >= 0.6 is 11.6 Å². The summed E-state index contributed by atoms with van der Waals surface area (Å²) < 4.78 is 5.64. The number of para-hydroxylation sites is 2. The quantitative estimate of drug-likeness (QED) is 0.625. The molecule has 3 rings (SSSR count). The van der Waals surface area contributed by atoms with Gasteiger partial charge >= 0.3 is 0 Å². The number of aryl methyl sites for hydroxylation is 1. The Morgan fingerprint density at radius 2 is 2.08 bits per heavy atom. The van der Waals surface area contributed by atoms with Crippen LogP contribution in [0.2, 0.25) is 5.02 Å². The number of hydrogen-bond acceptors (Lipinski definition) is 3. The highest BCUT2D eigenvalue weighted by molar-refractivity contribution is 6.32. The predicted molar refractivity (Wildman–Crippen MR) is 105 cm³/mol. The summed E-state index contributed by atoms with van der Waals surface area (Å²) in [5, 5.41) is 3.35. The molecule has 1 amide bonds. The molecule has 2 aromatic carbocycles. The third-order valence-electron chi connectivity index (χ3n) is 3.82. The van der Waals surface area contributed by atoms with E-state index in [0.29, 0.717) is 41.8 Å². The minimum Gasteiger partial charge on any atom is -0.492 e. The molecule has 0 unspecified atom stereocenters. The van der Waals surface area contributed by atoms with Crippen LogP contribution < -0.4 is 10.1 Å². The van der Waals surface area contributed by atoms with Crippen molar-refractivity contribution in [2.24, 2.45) is 5.92 Å². The van der Waals surface area contributed by atoms with Crippen LogP contribution in [-0.2, 0) is 11.2 Å². The summed E-state index contributed by atoms with van der Waals surface area (Å²) in [7, 11) is 0. The molecular formula is C20H22ClN3O2. The number of aromatic amines is 1. The number of carbonyl (C=O) groups is 1. The maximum absolute atomic E-state index is 12.2. The van der Waals surface area contributed by atoms with Gasteiger partial charge in [0.05, 0.1) is 22.7 Å². The first-order chi connectivity index (χ1) is 12.5. The van der Waals surface area contributed by atoms with E-state index < -0.39 is 0 Å². The predicted octanol–water partition coefficient (Wildman–Crippen LogP) is 4.82. The van der Waals surface area contributed by atoms with Crippen molar-refractivity contribution in [2.75, 3.05) is 11.9 Å². The van der Waals surface area contributed by atoms with E-state index in [2.05, 4.69) is 29.1 Å². The number of benzene rings is 2. The van der Waals surface area contributed by atoms with Gasteiger partial charge in [-0.1, -0.05) is 37.6 Å². The number of imidazole rings is 1. The molecule has 136 valence electrons. The molecule has 26 heavy (non-hydrogen) atoms. The second-order valence-corrected chi connectivity index (χ2v) is 7.01. The first-order valence-corrected chi connectivity index (χ1v) is 9.05. The average molecular weight is 372 g/mol. The third kappa shape index (κ3) is 4.76. The molecule has 1 aromatic heterocycles. The zero-order valence-corrected chi connectivity index (χ0v) is 15.6. The van der Waals surface area contributed by atoms with Gasteiger partial charge in [-0.15, -0.1) is 0 Å². The Kier molecular flexibility index (Phi) is 5.78. The molecule has 0 aliphatic carbocycles. The lowest BCUT2D eigenvalue weighted by molar-refractivity contribution is -0.116. The molecule has 0 radical (unpaired) electrons. The molecule has 6 heteroatoms. The lowest BCUT2D eigenvalue weighted by Gasteiger charge is -2.11. The second kappa shape index (κ2) is 8.23. The fraction of sp³-hybridized carbons (Fsp3) is 0.300. The van der Waals surface area contributed by atoms with Gasteiger partial charge in [0.25, 0.3) is 0 Å². The Morgan fingerprint density at radius 3 is 2.81 bits per heavy atom. The van der Waals surface area contributed by atoms with Crippen LogP contribution in [0.25, 0.3) is 11.0 Å². The summed E-state index contributed by atoms with van der Waals surface area (Å²) >= 11 is 6.22. The van der Waals surface area contributed by atoms with Gasteiger partial charge in [0.2, 0.25) is 5.91 Å². The summed E-state index contributed by atoms with van der Waals surface area (Å²) in [6, 6.07) is 13.1. The van der Waals surface area contributed by atoms with Crippen molar-refractivity contribution in [2.45, 2.75) is 26.7 Å². The number of hydrogen-bond donors (Lipinski definition) is 2. The number of nitrogens with one attached hydrogen (secondary N) is 2. The molecule has 3 aromatic rings. The lowest BCUT2D eigenvalue weighted by atomic mass is 10.2. The molecular weight excluding hydrogens is 350 g/mol. The fourth-order valence-electron chi connectivity index (χ4n) is 2.53. The van der Waals surface area contributed by atoms with Gasteiger partial charge in [0, 0.05) is 18.5 Å². The van der Waals surface area contributed by atoms with Crippen molar-refractivity contribution in [1.29, 1.82) is 0 Å². The van der Waals surface area contributed by atoms with E-state index in [4.69, 9.17) is 16.3 Å². The van der Waals surface area contributed by atoms with E-state index in [1.54, 1.807) is 18.2 Å². The number of carbonyl (C=O) groups excluding carboxylic acids is 1. The highest BCUT2D eigenvalue weighted by Crippen LogP contribution is 2.28. The molecule has 0 aliphatic heterocycles. The number of ether oxygens (including phenoxy) is 1. The summed E-state index contributed by atoms with van der Waals surface area (Å²) in [4.78, 5) is 19.9. The number of nitrogens with zero attached hydrogens (tertiary/aromatic N) is 1. The summed E-state index contributed by atoms with van der Waals surface area (Å²) in [6.07, 6.45) is 0.882. The van der Waals surface area contributed by atoms with E-state index in [9.17, 15) is 4.79 Å². The van der Waals surface area contributed by atoms with Crippen LogP contribution in [0.3, 0.4) is 0 Å². The van der Waals surface area contributed by atoms with Crippen molar-refractivity contribution in [1.82, 2.24) is 9.97 Å². The van der Waals surface area contributed by atoms with Crippen molar-refractivity contribution in [3.05, 3.63) is 53.3 Å². The topological polar surface area (TPSA) is 67.0 Å². The van der Waals surface area contributed by atoms with Gasteiger partial charge in [0.1, 0.15) is 11.6 Å². The number of rotatable bonds is 7. The molecule has 5 nitrogen and oxygen atoms in total. The fourth-order valence-corrected chi connectivity index (χ4v) is 2.77. The molecule has 1 heterocycles. The Balaban J connectivity index is 1.55. The summed E-state index contributed by atoms with van der Waals surface area (Å²) in [5.74, 6) is 1.76. The molecule has 0 fully saturated rings. The van der Waals surface area contributed by atoms with Crippen LogP contribution in [0.1, 0.15) is 26.1 Å². The first kappa shape index (κ1) is 18.3. The van der Waals surface area contributed by atoms with E-state index in [1.807, 2.05) is 24.3 Å². The number of aromatic nitrogens is 2. The lowest BCUT2D eigenvalue weighted by Crippen LogP contribution is -2.13. The van der Waals surface area contributed by atoms with Crippen molar-refractivity contribution in [3.63, 3.8) is 0 Å². The number of halogens is 1. The summed E-state index contributed by atoms with van der Waals surface area (Å²) in [6.45, 7) is 4.75. The minimum absolute atomic E-state index is 0.0858. The van der Waals surface area contributed by atoms with Gasteiger partial charge in [-0.25, -0.2) is 4.98 Å². The van der Waals surface area contributed by atoms with E-state index in [1.165, 1.54) is 0 Å². The maximum Gasteiger partial charge on any atom is 0.224 e. The number of fused-ring (bicyclic) bond motifs is 1. The minimum atomic E-state index is -0.0858. The zero-order valence-electron chi connectivity index (χ0n) is 14.9. The van der Waals surface area contributed by atoms with Gasteiger partial charge in [-0.2, -0.15) is 0 Å². The molecule has 2 N–H and O–H groups in total. The highest BCUT2D eigenvalue weighted by atomic mass is 35.5. The Labute approximate surface area is 157 Å². The van der Waals surface area contributed by atoms with Gasteiger partial charge in [0.15, 0.2) is 0 Å². The molecule has 0 bridgehead atoms.